The van der Waals surface area contributed by atoms with Crippen LogP contribution in [0.3, 0.4) is 0 Å². The zero-order valence-corrected chi connectivity index (χ0v) is 6.03. The highest BCUT2D eigenvalue weighted by Crippen LogP contribution is 1.91. The van der Waals surface area contributed by atoms with E-state index in [9.17, 15) is 0 Å². The first kappa shape index (κ1) is 7.69. The van der Waals surface area contributed by atoms with E-state index >= 15 is 0 Å². The van der Waals surface area contributed by atoms with Crippen molar-refractivity contribution in [2.24, 2.45) is 0 Å². The monoisotopic (exact) mass is 133 g/mol. The van der Waals surface area contributed by atoms with Crippen LogP contribution in [-0.2, 0) is 4.74 Å². The molecule has 0 saturated carbocycles. The number of hydrogen-bond donors (Lipinski definition) is 2. The predicted molar refractivity (Wildman–Crippen MR) is 37.8 cm³/mol. The highest BCUT2D eigenvalue weighted by atomic mass is 32.1. The van der Waals surface area contributed by atoms with Crippen LogP contribution < -0.4 is 5.32 Å². The summed E-state index contributed by atoms with van der Waals surface area (Å²) in [6.07, 6.45) is 0. The molecule has 0 aromatic rings. The molecule has 0 aliphatic carbocycles. The molecule has 0 unspecified atom stereocenters. The fourth-order valence-electron chi connectivity index (χ4n) is 0.329. The summed E-state index contributed by atoms with van der Waals surface area (Å²) < 4.78 is 5.01. The Morgan fingerprint density at radius 2 is 2.50 bits per heavy atom. The molecular formula is C5H11NOS. The molecule has 1 N–H and O–H groups in total. The molecule has 3 heteroatoms. The molecule has 0 atom stereocenters. The zero-order chi connectivity index (χ0) is 6.41. The summed E-state index contributed by atoms with van der Waals surface area (Å²) in [6.45, 7) is 2.60. The molecule has 0 aromatic carbocycles. The van der Waals surface area contributed by atoms with E-state index in [2.05, 4.69) is 17.9 Å². The number of hydrogen-bond acceptors (Lipinski definition) is 3. The molecule has 48 valence electrons. The molecule has 0 aliphatic heterocycles. The normalized spacial score (nSPS) is 11.1. The van der Waals surface area contributed by atoms with Crippen LogP contribution in [0.4, 0.5) is 0 Å². The molecule has 0 aliphatic rings. The quantitative estimate of drug-likeness (QED) is 0.442. The molecule has 0 radical (unpaired) electrons. The van der Waals surface area contributed by atoms with Gasteiger partial charge in [0.2, 0.25) is 0 Å². The zero-order valence-electron chi connectivity index (χ0n) is 5.14. The van der Waals surface area contributed by atoms with Crippen LogP contribution in [-0.4, -0.2) is 13.7 Å². The van der Waals surface area contributed by atoms with Crippen molar-refractivity contribution in [2.45, 2.75) is 6.92 Å². The van der Waals surface area contributed by atoms with Gasteiger partial charge in [0.1, 0.15) is 0 Å². The third kappa shape index (κ3) is 2.80. The lowest BCUT2D eigenvalue weighted by Gasteiger charge is -2.04. The second-order valence-electron chi connectivity index (χ2n) is 1.18. The molecule has 2 nitrogen and oxygen atoms in total. The lowest BCUT2D eigenvalue weighted by atomic mass is 10.8. The van der Waals surface area contributed by atoms with E-state index in [-0.39, 0.29) is 0 Å². The number of thiol groups is 1. The molecule has 0 bridgehead atoms. The van der Waals surface area contributed by atoms with Crippen LogP contribution in [0.25, 0.3) is 0 Å². The average molecular weight is 133 g/mol. The Morgan fingerprint density at radius 3 is 2.62 bits per heavy atom. The molecule has 0 amide bonds. The molecule has 0 aromatic heterocycles. The summed E-state index contributed by atoms with van der Waals surface area (Å²) >= 11 is 3.88. The SMILES string of the molecule is CCO/C(=C/S)NC. The molecular weight excluding hydrogens is 122 g/mol. The van der Waals surface area contributed by atoms with Crippen LogP contribution in [0.15, 0.2) is 11.3 Å². The van der Waals surface area contributed by atoms with Crippen LogP contribution >= 0.6 is 12.6 Å². The maximum Gasteiger partial charge on any atom is 0.192 e. The Balaban J connectivity index is 3.38. The largest absolute Gasteiger partial charge is 0.479 e. The third-order valence-electron chi connectivity index (χ3n) is 0.663. The van der Waals surface area contributed by atoms with Gasteiger partial charge in [-0.1, -0.05) is 0 Å². The van der Waals surface area contributed by atoms with Crippen LogP contribution in [0, 0.1) is 0 Å². The minimum absolute atomic E-state index is 0.674. The topological polar surface area (TPSA) is 21.3 Å². The van der Waals surface area contributed by atoms with Crippen LogP contribution in [0.5, 0.6) is 0 Å². The van der Waals surface area contributed by atoms with E-state index < -0.39 is 0 Å². The maximum absolute atomic E-state index is 5.01. The van der Waals surface area contributed by atoms with Gasteiger partial charge >= 0.3 is 0 Å². The smallest absolute Gasteiger partial charge is 0.192 e. The maximum atomic E-state index is 5.01. The second kappa shape index (κ2) is 4.84. The summed E-state index contributed by atoms with van der Waals surface area (Å²) in [4.78, 5) is 0. The van der Waals surface area contributed by atoms with Gasteiger partial charge in [-0.05, 0) is 6.92 Å². The molecule has 0 saturated heterocycles. The van der Waals surface area contributed by atoms with Crippen molar-refractivity contribution < 1.29 is 4.74 Å². The van der Waals surface area contributed by atoms with E-state index in [1.54, 1.807) is 12.5 Å². The lowest BCUT2D eigenvalue weighted by Crippen LogP contribution is -2.08. The molecule has 8 heavy (non-hydrogen) atoms. The number of ether oxygens (including phenoxy) is 1. The Morgan fingerprint density at radius 1 is 1.88 bits per heavy atom. The molecule has 0 rings (SSSR count). The van der Waals surface area contributed by atoms with Gasteiger partial charge in [-0.3, -0.25) is 0 Å². The lowest BCUT2D eigenvalue weighted by molar-refractivity contribution is 0.212. The Bertz CT molecular complexity index is 82.5. The first-order valence-corrected chi connectivity index (χ1v) is 3.01. The average Bonchev–Trinajstić information content (AvgIpc) is 1.83. The van der Waals surface area contributed by atoms with Crippen molar-refractivity contribution in [3.05, 3.63) is 11.3 Å². The summed E-state index contributed by atoms with van der Waals surface area (Å²) in [5.41, 5.74) is 0. The van der Waals surface area contributed by atoms with Crippen molar-refractivity contribution in [3.63, 3.8) is 0 Å². The minimum atomic E-state index is 0.674. The van der Waals surface area contributed by atoms with Gasteiger partial charge in [0, 0.05) is 12.5 Å². The van der Waals surface area contributed by atoms with Crippen molar-refractivity contribution in [1.29, 1.82) is 0 Å². The minimum Gasteiger partial charge on any atom is -0.479 e. The van der Waals surface area contributed by atoms with Gasteiger partial charge in [-0.25, -0.2) is 0 Å². The first-order chi connectivity index (χ1) is 3.85. The summed E-state index contributed by atoms with van der Waals surface area (Å²) in [5.74, 6) is 0.704. The van der Waals surface area contributed by atoms with Crippen molar-refractivity contribution in [2.75, 3.05) is 13.7 Å². The number of nitrogens with one attached hydrogen (secondary N) is 1. The van der Waals surface area contributed by atoms with Crippen molar-refractivity contribution in [1.82, 2.24) is 5.32 Å². The Hall–Kier alpha value is -0.310. The molecule has 0 heterocycles. The van der Waals surface area contributed by atoms with E-state index in [1.807, 2.05) is 6.92 Å². The number of rotatable bonds is 3. The van der Waals surface area contributed by atoms with Crippen molar-refractivity contribution in [3.8, 4) is 0 Å². The fraction of sp³-hybridized carbons (Fsp3) is 0.600. The first-order valence-electron chi connectivity index (χ1n) is 2.50. The van der Waals surface area contributed by atoms with Gasteiger partial charge in [0.25, 0.3) is 0 Å². The van der Waals surface area contributed by atoms with Gasteiger partial charge in [-0.2, -0.15) is 0 Å². The van der Waals surface area contributed by atoms with Gasteiger partial charge < -0.3 is 10.1 Å². The second-order valence-corrected chi connectivity index (χ2v) is 1.43. The van der Waals surface area contributed by atoms with E-state index in [0.29, 0.717) is 12.5 Å². The van der Waals surface area contributed by atoms with Crippen LogP contribution in [0.1, 0.15) is 6.92 Å². The van der Waals surface area contributed by atoms with Crippen molar-refractivity contribution >= 4 is 12.6 Å². The van der Waals surface area contributed by atoms with Crippen LogP contribution in [0.2, 0.25) is 0 Å². The van der Waals surface area contributed by atoms with Gasteiger partial charge in [-0.15, -0.1) is 12.6 Å². The van der Waals surface area contributed by atoms with Gasteiger partial charge in [0.15, 0.2) is 5.88 Å². The highest BCUT2D eigenvalue weighted by molar-refractivity contribution is 7.83. The van der Waals surface area contributed by atoms with E-state index in [4.69, 9.17) is 4.74 Å². The van der Waals surface area contributed by atoms with E-state index in [1.165, 1.54) is 0 Å². The molecule has 0 fully saturated rings. The van der Waals surface area contributed by atoms with E-state index in [0.717, 1.165) is 0 Å². The third-order valence-corrected chi connectivity index (χ3v) is 0.898. The van der Waals surface area contributed by atoms with Gasteiger partial charge in [0.05, 0.1) is 6.61 Å². The summed E-state index contributed by atoms with van der Waals surface area (Å²) in [5, 5.41) is 4.40. The Kier molecular flexibility index (Phi) is 4.65. The predicted octanol–water partition coefficient (Wildman–Crippen LogP) is 0.971. The molecule has 0 spiro atoms. The summed E-state index contributed by atoms with van der Waals surface area (Å²) in [6, 6.07) is 0. The Labute approximate surface area is 55.3 Å². The summed E-state index contributed by atoms with van der Waals surface area (Å²) in [7, 11) is 1.79. The standard InChI is InChI=1S/C5H11NOS/c1-3-7-5(4-8)6-2/h4,6,8H,3H2,1-2H3/b5-4+. The highest BCUT2D eigenvalue weighted by Gasteiger charge is 1.85. The fourth-order valence-corrected chi connectivity index (χ4v) is 0.533.